The fraction of sp³-hybridized carbons (Fsp3) is 0.462. The smallest absolute Gasteiger partial charge is 0.265 e. The highest BCUT2D eigenvalue weighted by Crippen LogP contribution is 2.19. The lowest BCUT2D eigenvalue weighted by molar-refractivity contribution is -0.238. The molecular weight excluding hydrogens is 360 g/mol. The van der Waals surface area contributed by atoms with E-state index in [2.05, 4.69) is 26.8 Å². The van der Waals surface area contributed by atoms with Crippen molar-refractivity contribution in [3.8, 4) is 0 Å². The number of rotatable bonds is 4. The van der Waals surface area contributed by atoms with E-state index in [0.717, 1.165) is 4.47 Å². The predicted octanol–water partition coefficient (Wildman–Crippen LogP) is -1.52. The Balaban J connectivity index is 1.97. The van der Waals surface area contributed by atoms with E-state index in [1.54, 1.807) is 24.3 Å². The first-order valence-electron chi connectivity index (χ1n) is 6.56. The minimum atomic E-state index is -1.51. The van der Waals surface area contributed by atoms with Gasteiger partial charge in [0.1, 0.15) is 24.4 Å². The summed E-state index contributed by atoms with van der Waals surface area (Å²) in [6.07, 6.45) is -6.64. The molecule has 1 aliphatic heterocycles. The van der Waals surface area contributed by atoms with Gasteiger partial charge in [0.2, 0.25) is 0 Å². The Hall–Kier alpha value is -1.07. The van der Waals surface area contributed by atoms with Gasteiger partial charge in [0.05, 0.1) is 6.61 Å². The first-order valence-corrected chi connectivity index (χ1v) is 7.35. The Kier molecular flexibility index (Phi) is 5.87. The monoisotopic (exact) mass is 376 g/mol. The maximum Gasteiger partial charge on any atom is 0.265 e. The summed E-state index contributed by atoms with van der Waals surface area (Å²) >= 11 is 3.25. The van der Waals surface area contributed by atoms with Crippen molar-refractivity contribution in [3.63, 3.8) is 0 Å². The highest BCUT2D eigenvalue weighted by atomic mass is 79.9. The molecule has 5 atom stereocenters. The molecule has 6 N–H and O–H groups in total. The summed E-state index contributed by atoms with van der Waals surface area (Å²) in [5, 5.41) is 38.2. The summed E-state index contributed by atoms with van der Waals surface area (Å²) in [6.45, 7) is -0.539. The van der Waals surface area contributed by atoms with E-state index < -0.39 is 43.2 Å². The lowest BCUT2D eigenvalue weighted by Crippen LogP contribution is -2.64. The number of hydrogen-bond donors (Lipinski definition) is 6. The number of aliphatic hydroxyl groups is 4. The highest BCUT2D eigenvalue weighted by molar-refractivity contribution is 9.10. The molecular formula is C13H17BrN2O6. The standard InChI is InChI=1S/C13H17BrN2O6/c14-7-3-1-2-6(4-7)12(21)15-16-13-11(20)10(19)9(18)8(5-17)22-13/h1-4,8-11,13,16-20H,5H2,(H,15,21)/t8-,9+,10+,11-,13-/m0/s1. The van der Waals surface area contributed by atoms with Gasteiger partial charge >= 0.3 is 0 Å². The Morgan fingerprint density at radius 2 is 1.95 bits per heavy atom. The molecule has 22 heavy (non-hydrogen) atoms. The second kappa shape index (κ2) is 7.47. The van der Waals surface area contributed by atoms with Crippen LogP contribution in [0, 0.1) is 0 Å². The predicted molar refractivity (Wildman–Crippen MR) is 78.5 cm³/mol. The Morgan fingerprint density at radius 1 is 1.23 bits per heavy atom. The van der Waals surface area contributed by atoms with Crippen LogP contribution in [0.2, 0.25) is 0 Å². The minimum Gasteiger partial charge on any atom is -0.394 e. The van der Waals surface area contributed by atoms with Crippen LogP contribution in [0.3, 0.4) is 0 Å². The molecule has 0 saturated carbocycles. The van der Waals surface area contributed by atoms with Crippen molar-refractivity contribution in [3.05, 3.63) is 34.3 Å². The number of halogens is 1. The average molecular weight is 377 g/mol. The Bertz CT molecular complexity index is 529. The average Bonchev–Trinajstić information content (AvgIpc) is 2.51. The summed E-state index contributed by atoms with van der Waals surface area (Å²) < 4.78 is 5.93. The lowest BCUT2D eigenvalue weighted by atomic mass is 9.99. The van der Waals surface area contributed by atoms with E-state index in [4.69, 9.17) is 9.84 Å². The van der Waals surface area contributed by atoms with Crippen molar-refractivity contribution in [1.29, 1.82) is 0 Å². The van der Waals surface area contributed by atoms with Gasteiger partial charge in [-0.15, -0.1) is 0 Å². The molecule has 1 heterocycles. The van der Waals surface area contributed by atoms with Crippen molar-refractivity contribution in [2.24, 2.45) is 0 Å². The van der Waals surface area contributed by atoms with Crippen LogP contribution >= 0.6 is 15.9 Å². The van der Waals surface area contributed by atoms with Gasteiger partial charge in [-0.1, -0.05) is 22.0 Å². The molecule has 0 bridgehead atoms. The molecule has 2 rings (SSSR count). The summed E-state index contributed by atoms with van der Waals surface area (Å²) in [7, 11) is 0. The van der Waals surface area contributed by atoms with Crippen LogP contribution in [0.1, 0.15) is 10.4 Å². The third-order valence-electron chi connectivity index (χ3n) is 3.31. The van der Waals surface area contributed by atoms with E-state index in [9.17, 15) is 20.1 Å². The van der Waals surface area contributed by atoms with E-state index in [-0.39, 0.29) is 0 Å². The van der Waals surface area contributed by atoms with Gasteiger partial charge in [-0.25, -0.2) is 5.43 Å². The molecule has 1 saturated heterocycles. The number of ether oxygens (including phenoxy) is 1. The zero-order chi connectivity index (χ0) is 16.3. The molecule has 0 spiro atoms. The van der Waals surface area contributed by atoms with Crippen molar-refractivity contribution in [2.75, 3.05) is 6.61 Å². The zero-order valence-corrected chi connectivity index (χ0v) is 13.0. The number of amides is 1. The van der Waals surface area contributed by atoms with Gasteiger partial charge in [0.25, 0.3) is 5.91 Å². The number of benzene rings is 1. The molecule has 122 valence electrons. The van der Waals surface area contributed by atoms with Crippen molar-refractivity contribution < 1.29 is 30.0 Å². The van der Waals surface area contributed by atoms with E-state index in [1.165, 1.54) is 0 Å². The van der Waals surface area contributed by atoms with Gasteiger partial charge < -0.3 is 25.2 Å². The molecule has 1 aromatic rings. The molecule has 0 radical (unpaired) electrons. The second-order valence-corrected chi connectivity index (χ2v) is 5.77. The summed E-state index contributed by atoms with van der Waals surface area (Å²) in [4.78, 5) is 12.0. The van der Waals surface area contributed by atoms with Crippen LogP contribution in [0.5, 0.6) is 0 Å². The topological polar surface area (TPSA) is 131 Å². The van der Waals surface area contributed by atoms with Crippen LogP contribution < -0.4 is 10.9 Å². The minimum absolute atomic E-state index is 0.367. The Labute approximate surface area is 134 Å². The molecule has 1 fully saturated rings. The highest BCUT2D eigenvalue weighted by Gasteiger charge is 2.43. The molecule has 1 amide bonds. The molecule has 8 nitrogen and oxygen atoms in total. The maximum atomic E-state index is 12.0. The summed E-state index contributed by atoms with van der Waals surface area (Å²) in [6, 6.07) is 6.65. The lowest BCUT2D eigenvalue weighted by Gasteiger charge is -2.40. The molecule has 1 aliphatic rings. The SMILES string of the molecule is O=C(NN[C@H]1O[C@@H](CO)[C@@H](O)[C@@H](O)[C@@H]1O)c1cccc(Br)c1. The second-order valence-electron chi connectivity index (χ2n) is 4.86. The zero-order valence-electron chi connectivity index (χ0n) is 11.4. The fourth-order valence-corrected chi connectivity index (χ4v) is 2.46. The molecule has 0 aromatic heterocycles. The quantitative estimate of drug-likeness (QED) is 0.352. The number of hydrazine groups is 1. The molecule has 9 heteroatoms. The maximum absolute atomic E-state index is 12.0. The van der Waals surface area contributed by atoms with E-state index in [0.29, 0.717) is 5.56 Å². The third kappa shape index (κ3) is 3.82. The number of hydrogen-bond acceptors (Lipinski definition) is 7. The normalized spacial score (nSPS) is 31.8. The number of carbonyl (C=O) groups is 1. The summed E-state index contributed by atoms with van der Waals surface area (Å²) in [5.74, 6) is -0.474. The van der Waals surface area contributed by atoms with Crippen LogP contribution in [-0.2, 0) is 4.74 Å². The molecule has 0 unspecified atom stereocenters. The van der Waals surface area contributed by atoms with Crippen molar-refractivity contribution >= 4 is 21.8 Å². The Morgan fingerprint density at radius 3 is 2.59 bits per heavy atom. The van der Waals surface area contributed by atoms with Gasteiger partial charge in [0.15, 0.2) is 6.23 Å². The first-order chi connectivity index (χ1) is 10.4. The van der Waals surface area contributed by atoms with Gasteiger partial charge in [0, 0.05) is 10.0 Å². The molecule has 1 aromatic carbocycles. The van der Waals surface area contributed by atoms with Gasteiger partial charge in [-0.3, -0.25) is 10.2 Å². The summed E-state index contributed by atoms with van der Waals surface area (Å²) in [5.41, 5.74) is 5.14. The van der Waals surface area contributed by atoms with Gasteiger partial charge in [-0.05, 0) is 18.2 Å². The van der Waals surface area contributed by atoms with Crippen molar-refractivity contribution in [1.82, 2.24) is 10.9 Å². The number of nitrogens with one attached hydrogen (secondary N) is 2. The van der Waals surface area contributed by atoms with Crippen LogP contribution in [0.15, 0.2) is 28.7 Å². The third-order valence-corrected chi connectivity index (χ3v) is 3.80. The first kappa shape index (κ1) is 17.3. The van der Waals surface area contributed by atoms with Gasteiger partial charge in [-0.2, -0.15) is 0 Å². The van der Waals surface area contributed by atoms with Crippen molar-refractivity contribution in [2.45, 2.75) is 30.6 Å². The fourth-order valence-electron chi connectivity index (χ4n) is 2.06. The van der Waals surface area contributed by atoms with E-state index in [1.807, 2.05) is 0 Å². The number of carbonyl (C=O) groups excluding carboxylic acids is 1. The van der Waals surface area contributed by atoms with Crippen LogP contribution in [0.4, 0.5) is 0 Å². The number of aliphatic hydroxyl groups excluding tert-OH is 4. The van der Waals surface area contributed by atoms with Crippen LogP contribution in [-0.4, -0.2) is 63.6 Å². The largest absolute Gasteiger partial charge is 0.394 e. The molecule has 0 aliphatic carbocycles. The van der Waals surface area contributed by atoms with E-state index >= 15 is 0 Å². The van der Waals surface area contributed by atoms with Crippen LogP contribution in [0.25, 0.3) is 0 Å².